The van der Waals surface area contributed by atoms with Crippen molar-refractivity contribution in [3.8, 4) is 5.75 Å². The lowest BCUT2D eigenvalue weighted by Gasteiger charge is -2.09. The highest BCUT2D eigenvalue weighted by Gasteiger charge is 2.10. The van der Waals surface area contributed by atoms with E-state index in [0.29, 0.717) is 23.6 Å². The molecule has 0 spiro atoms. The molecule has 21 heavy (non-hydrogen) atoms. The van der Waals surface area contributed by atoms with Crippen LogP contribution in [0.2, 0.25) is 0 Å². The Morgan fingerprint density at radius 2 is 2.14 bits per heavy atom. The molecule has 1 N–H and O–H groups in total. The third-order valence-electron chi connectivity index (χ3n) is 2.83. The van der Waals surface area contributed by atoms with Crippen LogP contribution in [0.4, 0.5) is 5.69 Å². The molecule has 108 valence electrons. The Morgan fingerprint density at radius 3 is 2.86 bits per heavy atom. The highest BCUT2D eigenvalue weighted by atomic mass is 127. The van der Waals surface area contributed by atoms with Gasteiger partial charge in [-0.2, -0.15) is 0 Å². The van der Waals surface area contributed by atoms with E-state index in [2.05, 4.69) is 34.5 Å². The molecule has 1 amide bonds. The Balaban J connectivity index is 2.13. The number of hydrogen-bond acceptors (Lipinski definition) is 2. The summed E-state index contributed by atoms with van der Waals surface area (Å²) in [5.41, 5.74) is 2.51. The van der Waals surface area contributed by atoms with Gasteiger partial charge in [0.15, 0.2) is 0 Å². The number of benzene rings is 2. The van der Waals surface area contributed by atoms with Crippen molar-refractivity contribution in [3.63, 3.8) is 0 Å². The van der Waals surface area contributed by atoms with Crippen molar-refractivity contribution in [2.24, 2.45) is 0 Å². The van der Waals surface area contributed by atoms with Crippen LogP contribution in [0, 0.1) is 10.5 Å². The standard InChI is InChI=1S/C17H16INO2/c1-3-9-21-14-6-4-5-13(11-14)19-17(20)15-8-7-12(2)10-16(15)18/h3-8,10-11H,1,9H2,2H3,(H,19,20). The van der Waals surface area contributed by atoms with Gasteiger partial charge in [0.25, 0.3) is 5.91 Å². The van der Waals surface area contributed by atoms with Gasteiger partial charge in [0, 0.05) is 15.3 Å². The Hall–Kier alpha value is -1.82. The van der Waals surface area contributed by atoms with Crippen LogP contribution in [0.25, 0.3) is 0 Å². The average Bonchev–Trinajstić information content (AvgIpc) is 2.45. The summed E-state index contributed by atoms with van der Waals surface area (Å²) in [6, 6.07) is 13.1. The minimum Gasteiger partial charge on any atom is -0.489 e. The zero-order valence-electron chi connectivity index (χ0n) is 11.7. The molecule has 2 aromatic rings. The first kappa shape index (κ1) is 15.6. The minimum absolute atomic E-state index is 0.125. The predicted molar refractivity (Wildman–Crippen MR) is 94.0 cm³/mol. The van der Waals surface area contributed by atoms with E-state index in [9.17, 15) is 4.79 Å². The number of halogens is 1. The molecule has 0 heterocycles. The van der Waals surface area contributed by atoms with Gasteiger partial charge in [-0.15, -0.1) is 0 Å². The Kier molecular flexibility index (Phi) is 5.38. The smallest absolute Gasteiger partial charge is 0.256 e. The number of amides is 1. The van der Waals surface area contributed by atoms with Crippen LogP contribution in [0.15, 0.2) is 55.1 Å². The Morgan fingerprint density at radius 1 is 1.33 bits per heavy atom. The molecule has 0 aliphatic rings. The highest BCUT2D eigenvalue weighted by Crippen LogP contribution is 2.20. The fourth-order valence-electron chi connectivity index (χ4n) is 1.82. The molecule has 0 saturated carbocycles. The van der Waals surface area contributed by atoms with E-state index in [1.807, 2.05) is 43.3 Å². The zero-order valence-corrected chi connectivity index (χ0v) is 13.9. The second-order valence-electron chi connectivity index (χ2n) is 4.56. The van der Waals surface area contributed by atoms with E-state index >= 15 is 0 Å². The molecule has 4 heteroatoms. The van der Waals surface area contributed by atoms with Gasteiger partial charge in [-0.1, -0.05) is 30.4 Å². The van der Waals surface area contributed by atoms with Crippen LogP contribution < -0.4 is 10.1 Å². The second kappa shape index (κ2) is 7.26. The van der Waals surface area contributed by atoms with Crippen LogP contribution in [0.1, 0.15) is 15.9 Å². The van der Waals surface area contributed by atoms with E-state index in [-0.39, 0.29) is 5.91 Å². The van der Waals surface area contributed by atoms with Crippen molar-refractivity contribution in [2.45, 2.75) is 6.92 Å². The van der Waals surface area contributed by atoms with Crippen LogP contribution in [0.3, 0.4) is 0 Å². The summed E-state index contributed by atoms with van der Waals surface area (Å²) in [4.78, 5) is 12.3. The largest absolute Gasteiger partial charge is 0.489 e. The van der Waals surface area contributed by atoms with E-state index in [0.717, 1.165) is 9.13 Å². The topological polar surface area (TPSA) is 38.3 Å². The lowest BCUT2D eigenvalue weighted by atomic mass is 10.1. The third kappa shape index (κ3) is 4.32. The molecule has 3 nitrogen and oxygen atoms in total. The lowest BCUT2D eigenvalue weighted by molar-refractivity contribution is 0.102. The van der Waals surface area contributed by atoms with Gasteiger partial charge in [-0.25, -0.2) is 0 Å². The lowest BCUT2D eigenvalue weighted by Crippen LogP contribution is -2.13. The molecular weight excluding hydrogens is 377 g/mol. The maximum Gasteiger partial charge on any atom is 0.256 e. The van der Waals surface area contributed by atoms with Crippen molar-refractivity contribution in [2.75, 3.05) is 11.9 Å². The average molecular weight is 393 g/mol. The van der Waals surface area contributed by atoms with Crippen LogP contribution in [-0.4, -0.2) is 12.5 Å². The van der Waals surface area contributed by atoms with Crippen LogP contribution in [0.5, 0.6) is 5.75 Å². The summed E-state index contributed by atoms with van der Waals surface area (Å²) >= 11 is 2.17. The molecule has 0 saturated heterocycles. The summed E-state index contributed by atoms with van der Waals surface area (Å²) < 4.78 is 6.39. The molecule has 0 aliphatic heterocycles. The molecule has 0 radical (unpaired) electrons. The number of rotatable bonds is 5. The highest BCUT2D eigenvalue weighted by molar-refractivity contribution is 14.1. The zero-order chi connectivity index (χ0) is 15.2. The first-order valence-electron chi connectivity index (χ1n) is 6.51. The number of aryl methyl sites for hydroxylation is 1. The monoisotopic (exact) mass is 393 g/mol. The van der Waals surface area contributed by atoms with Gasteiger partial charge in [0.1, 0.15) is 12.4 Å². The van der Waals surface area contributed by atoms with Crippen LogP contribution >= 0.6 is 22.6 Å². The Labute approximate surface area is 138 Å². The van der Waals surface area contributed by atoms with Gasteiger partial charge in [-0.05, 0) is 53.8 Å². The molecule has 0 fully saturated rings. The Bertz CT molecular complexity index is 668. The number of nitrogens with one attached hydrogen (secondary N) is 1. The fourth-order valence-corrected chi connectivity index (χ4v) is 2.74. The van der Waals surface area contributed by atoms with E-state index < -0.39 is 0 Å². The van der Waals surface area contributed by atoms with E-state index in [1.54, 1.807) is 12.1 Å². The molecule has 0 aliphatic carbocycles. The summed E-state index contributed by atoms with van der Waals surface area (Å²) in [5, 5.41) is 2.89. The maximum absolute atomic E-state index is 12.3. The first-order chi connectivity index (χ1) is 10.1. The molecule has 2 aromatic carbocycles. The third-order valence-corrected chi connectivity index (χ3v) is 3.72. The van der Waals surface area contributed by atoms with Crippen molar-refractivity contribution in [1.29, 1.82) is 0 Å². The van der Waals surface area contributed by atoms with Gasteiger partial charge < -0.3 is 10.1 Å². The SMILES string of the molecule is C=CCOc1cccc(NC(=O)c2ccc(C)cc2I)c1. The molecule has 2 rings (SSSR count). The summed E-state index contributed by atoms with van der Waals surface area (Å²) in [7, 11) is 0. The van der Waals surface area contributed by atoms with Gasteiger partial charge in [0.05, 0.1) is 5.56 Å². The summed E-state index contributed by atoms with van der Waals surface area (Å²) in [6.07, 6.45) is 1.68. The number of ether oxygens (including phenoxy) is 1. The summed E-state index contributed by atoms with van der Waals surface area (Å²) in [6.45, 7) is 6.05. The van der Waals surface area contributed by atoms with Crippen molar-refractivity contribution in [3.05, 3.63) is 69.8 Å². The number of carbonyl (C=O) groups is 1. The predicted octanol–water partition coefficient (Wildman–Crippen LogP) is 4.42. The van der Waals surface area contributed by atoms with E-state index in [1.165, 1.54) is 0 Å². The van der Waals surface area contributed by atoms with Crippen LogP contribution in [-0.2, 0) is 0 Å². The molecule has 0 aromatic heterocycles. The molecule has 0 atom stereocenters. The second-order valence-corrected chi connectivity index (χ2v) is 5.73. The molecular formula is C17H16INO2. The maximum atomic E-state index is 12.3. The van der Waals surface area contributed by atoms with Gasteiger partial charge >= 0.3 is 0 Å². The number of hydrogen-bond donors (Lipinski definition) is 1. The fraction of sp³-hybridized carbons (Fsp3) is 0.118. The van der Waals surface area contributed by atoms with E-state index in [4.69, 9.17) is 4.74 Å². The molecule has 0 unspecified atom stereocenters. The number of carbonyl (C=O) groups excluding carboxylic acids is 1. The number of anilines is 1. The van der Waals surface area contributed by atoms with Crippen molar-refractivity contribution < 1.29 is 9.53 Å². The molecule has 0 bridgehead atoms. The van der Waals surface area contributed by atoms with Gasteiger partial charge in [-0.3, -0.25) is 4.79 Å². The normalized spacial score (nSPS) is 10.0. The van der Waals surface area contributed by atoms with Crippen molar-refractivity contribution >= 4 is 34.2 Å². The first-order valence-corrected chi connectivity index (χ1v) is 7.59. The summed E-state index contributed by atoms with van der Waals surface area (Å²) in [5.74, 6) is 0.576. The quantitative estimate of drug-likeness (QED) is 0.604. The minimum atomic E-state index is -0.125. The van der Waals surface area contributed by atoms with Gasteiger partial charge in [0.2, 0.25) is 0 Å². The van der Waals surface area contributed by atoms with Crippen molar-refractivity contribution in [1.82, 2.24) is 0 Å².